The van der Waals surface area contributed by atoms with Crippen molar-refractivity contribution in [1.29, 1.82) is 0 Å². The fraction of sp³-hybridized carbons (Fsp3) is 0.417. The third kappa shape index (κ3) is 4.03. The lowest BCUT2D eigenvalue weighted by molar-refractivity contribution is -0.115. The second-order valence-corrected chi connectivity index (χ2v) is 4.87. The number of hydrogen-bond acceptors (Lipinski definition) is 2. The molecule has 0 atom stereocenters. The second kappa shape index (κ2) is 5.39. The van der Waals surface area contributed by atoms with Crippen LogP contribution in [0, 0.1) is 17.5 Å². The highest BCUT2D eigenvalue weighted by atomic mass is 19.2. The molecular formula is C12H15F3N2O. The van der Waals surface area contributed by atoms with Crippen molar-refractivity contribution in [3.05, 3.63) is 29.6 Å². The maximum atomic E-state index is 13.2. The van der Waals surface area contributed by atoms with Crippen molar-refractivity contribution in [2.75, 3.05) is 11.9 Å². The Bertz CT molecular complexity index is 455. The molecule has 100 valence electrons. The molecule has 0 aliphatic heterocycles. The van der Waals surface area contributed by atoms with Gasteiger partial charge in [0.15, 0.2) is 17.5 Å². The van der Waals surface area contributed by atoms with Crippen LogP contribution in [0.3, 0.4) is 0 Å². The van der Waals surface area contributed by atoms with E-state index in [1.807, 2.05) is 20.8 Å². The molecule has 0 saturated heterocycles. The third-order valence-corrected chi connectivity index (χ3v) is 2.09. The van der Waals surface area contributed by atoms with Crippen LogP contribution in [0.25, 0.3) is 0 Å². The van der Waals surface area contributed by atoms with Crippen LogP contribution in [0.5, 0.6) is 0 Å². The van der Waals surface area contributed by atoms with Crippen molar-refractivity contribution in [3.8, 4) is 0 Å². The van der Waals surface area contributed by atoms with Crippen LogP contribution < -0.4 is 10.6 Å². The Kier molecular flexibility index (Phi) is 4.34. The molecule has 1 aromatic carbocycles. The summed E-state index contributed by atoms with van der Waals surface area (Å²) in [6, 6.07) is 1.73. The summed E-state index contributed by atoms with van der Waals surface area (Å²) in [5.41, 5.74) is -0.654. The predicted octanol–water partition coefficient (Wildman–Crippen LogP) is 2.43. The van der Waals surface area contributed by atoms with E-state index in [0.717, 1.165) is 12.1 Å². The first kappa shape index (κ1) is 14.5. The van der Waals surface area contributed by atoms with Crippen LogP contribution in [-0.2, 0) is 4.79 Å². The number of anilines is 1. The molecule has 0 radical (unpaired) electrons. The number of halogens is 3. The summed E-state index contributed by atoms with van der Waals surface area (Å²) in [5.74, 6) is -4.83. The number of amides is 1. The molecule has 0 aromatic heterocycles. The molecule has 0 heterocycles. The van der Waals surface area contributed by atoms with Gasteiger partial charge >= 0.3 is 0 Å². The van der Waals surface area contributed by atoms with Crippen molar-refractivity contribution in [2.24, 2.45) is 0 Å². The van der Waals surface area contributed by atoms with E-state index >= 15 is 0 Å². The molecule has 0 bridgehead atoms. The molecule has 3 nitrogen and oxygen atoms in total. The Hall–Kier alpha value is -1.56. The number of carbonyl (C=O) groups is 1. The average Bonchev–Trinajstić information content (AvgIpc) is 2.26. The standard InChI is InChI=1S/C12H15F3N2O/c1-12(2,3)16-6-9(18)17-8-5-4-7(13)10(14)11(8)15/h4-5,16H,6H2,1-3H3,(H,17,18). The number of nitrogens with one attached hydrogen (secondary N) is 2. The van der Waals surface area contributed by atoms with Crippen molar-refractivity contribution >= 4 is 11.6 Å². The van der Waals surface area contributed by atoms with Gasteiger partial charge in [-0.3, -0.25) is 4.79 Å². The molecular weight excluding hydrogens is 245 g/mol. The Balaban J connectivity index is 2.68. The van der Waals surface area contributed by atoms with Gasteiger partial charge in [-0.2, -0.15) is 0 Å². The minimum Gasteiger partial charge on any atom is -0.322 e. The van der Waals surface area contributed by atoms with E-state index in [1.54, 1.807) is 0 Å². The minimum atomic E-state index is -1.60. The third-order valence-electron chi connectivity index (χ3n) is 2.09. The van der Waals surface area contributed by atoms with Gasteiger partial charge in [0.1, 0.15) is 0 Å². The molecule has 0 fully saturated rings. The first-order valence-corrected chi connectivity index (χ1v) is 5.39. The van der Waals surface area contributed by atoms with Crippen molar-refractivity contribution in [1.82, 2.24) is 5.32 Å². The lowest BCUT2D eigenvalue weighted by atomic mass is 10.1. The van der Waals surface area contributed by atoms with Gasteiger partial charge in [-0.05, 0) is 32.9 Å². The van der Waals surface area contributed by atoms with Gasteiger partial charge < -0.3 is 10.6 Å². The summed E-state index contributed by atoms with van der Waals surface area (Å²) in [6.45, 7) is 5.53. The van der Waals surface area contributed by atoms with Gasteiger partial charge in [0, 0.05) is 5.54 Å². The SMILES string of the molecule is CC(C)(C)NCC(=O)Nc1ccc(F)c(F)c1F. The fourth-order valence-corrected chi connectivity index (χ4v) is 1.16. The maximum absolute atomic E-state index is 13.2. The van der Waals surface area contributed by atoms with E-state index in [4.69, 9.17) is 0 Å². The fourth-order valence-electron chi connectivity index (χ4n) is 1.16. The number of rotatable bonds is 3. The summed E-state index contributed by atoms with van der Waals surface area (Å²) in [6.07, 6.45) is 0. The van der Waals surface area contributed by atoms with E-state index in [2.05, 4.69) is 10.6 Å². The zero-order valence-corrected chi connectivity index (χ0v) is 10.4. The first-order valence-electron chi connectivity index (χ1n) is 5.39. The molecule has 2 N–H and O–H groups in total. The molecule has 0 saturated carbocycles. The molecule has 1 rings (SSSR count). The molecule has 0 unspecified atom stereocenters. The van der Waals surface area contributed by atoms with Gasteiger partial charge in [-0.1, -0.05) is 0 Å². The van der Waals surface area contributed by atoms with Gasteiger partial charge in [0.2, 0.25) is 5.91 Å². The van der Waals surface area contributed by atoms with Crippen molar-refractivity contribution in [2.45, 2.75) is 26.3 Å². The number of carbonyl (C=O) groups excluding carboxylic acids is 1. The zero-order valence-electron chi connectivity index (χ0n) is 10.4. The van der Waals surface area contributed by atoms with E-state index in [-0.39, 0.29) is 17.8 Å². The summed E-state index contributed by atoms with van der Waals surface area (Å²) >= 11 is 0. The summed E-state index contributed by atoms with van der Waals surface area (Å²) in [4.78, 5) is 11.5. The van der Waals surface area contributed by atoms with Crippen molar-refractivity contribution in [3.63, 3.8) is 0 Å². The molecule has 0 aliphatic rings. The van der Waals surface area contributed by atoms with Crippen molar-refractivity contribution < 1.29 is 18.0 Å². The highest BCUT2D eigenvalue weighted by Crippen LogP contribution is 2.19. The van der Waals surface area contributed by atoms with E-state index in [9.17, 15) is 18.0 Å². The quantitative estimate of drug-likeness (QED) is 0.819. The van der Waals surface area contributed by atoms with Gasteiger partial charge in [0.25, 0.3) is 0 Å². The van der Waals surface area contributed by atoms with Gasteiger partial charge in [-0.15, -0.1) is 0 Å². The Labute approximate surface area is 103 Å². The monoisotopic (exact) mass is 260 g/mol. The zero-order chi connectivity index (χ0) is 13.9. The summed E-state index contributed by atoms with van der Waals surface area (Å²) in [7, 11) is 0. The van der Waals surface area contributed by atoms with Crippen LogP contribution >= 0.6 is 0 Å². The molecule has 6 heteroatoms. The molecule has 1 amide bonds. The molecule has 0 aliphatic carbocycles. The predicted molar refractivity (Wildman–Crippen MR) is 62.7 cm³/mol. The minimum absolute atomic E-state index is 0.0536. The van der Waals surface area contributed by atoms with E-state index in [1.165, 1.54) is 0 Å². The smallest absolute Gasteiger partial charge is 0.238 e. The maximum Gasteiger partial charge on any atom is 0.238 e. The van der Waals surface area contributed by atoms with Crippen LogP contribution in [0.1, 0.15) is 20.8 Å². The second-order valence-electron chi connectivity index (χ2n) is 4.87. The lowest BCUT2D eigenvalue weighted by Crippen LogP contribution is -2.41. The molecule has 1 aromatic rings. The lowest BCUT2D eigenvalue weighted by Gasteiger charge is -2.20. The highest BCUT2D eigenvalue weighted by Gasteiger charge is 2.16. The summed E-state index contributed by atoms with van der Waals surface area (Å²) < 4.78 is 38.8. The van der Waals surface area contributed by atoms with Crippen LogP contribution in [-0.4, -0.2) is 18.0 Å². The van der Waals surface area contributed by atoms with Gasteiger partial charge in [0.05, 0.1) is 12.2 Å². The Morgan fingerprint density at radius 2 is 1.78 bits per heavy atom. The Morgan fingerprint density at radius 3 is 2.33 bits per heavy atom. The summed E-state index contributed by atoms with van der Waals surface area (Å²) in [5, 5.41) is 5.05. The van der Waals surface area contributed by atoms with Crippen LogP contribution in [0.2, 0.25) is 0 Å². The highest BCUT2D eigenvalue weighted by molar-refractivity contribution is 5.92. The normalized spacial score (nSPS) is 11.4. The topological polar surface area (TPSA) is 41.1 Å². The number of benzene rings is 1. The molecule has 18 heavy (non-hydrogen) atoms. The first-order chi connectivity index (χ1) is 8.20. The van der Waals surface area contributed by atoms with E-state index < -0.39 is 23.4 Å². The van der Waals surface area contributed by atoms with Gasteiger partial charge in [-0.25, -0.2) is 13.2 Å². The Morgan fingerprint density at radius 1 is 1.17 bits per heavy atom. The largest absolute Gasteiger partial charge is 0.322 e. The number of hydrogen-bond donors (Lipinski definition) is 2. The van der Waals surface area contributed by atoms with Crippen LogP contribution in [0.4, 0.5) is 18.9 Å². The van der Waals surface area contributed by atoms with E-state index in [0.29, 0.717) is 0 Å². The average molecular weight is 260 g/mol. The van der Waals surface area contributed by atoms with Crippen LogP contribution in [0.15, 0.2) is 12.1 Å². The molecule has 0 spiro atoms.